The van der Waals surface area contributed by atoms with E-state index in [9.17, 15) is 0 Å². The van der Waals surface area contributed by atoms with E-state index < -0.39 is 0 Å². The van der Waals surface area contributed by atoms with Crippen LogP contribution in [0.3, 0.4) is 0 Å². The molecule has 5 nitrogen and oxygen atoms in total. The van der Waals surface area contributed by atoms with Crippen LogP contribution in [0.25, 0.3) is 11.4 Å². The molecular weight excluding hydrogens is 252 g/mol. The second-order valence-corrected chi connectivity index (χ2v) is 4.58. The molecule has 0 bridgehead atoms. The standard InChI is InChI=1S/C15H16N4O/c1-11(6-8-16)10-20-13-5-3-2-4-12(13)15-18-9-7-14(17)19-15/h2-5,7,9,11H,6,10H2,1H3,(H2,17,18,19). The minimum Gasteiger partial charge on any atom is -0.493 e. The van der Waals surface area contributed by atoms with Gasteiger partial charge in [0.2, 0.25) is 0 Å². The SMILES string of the molecule is CC(CC#N)COc1ccccc1-c1nccc(N)n1. The van der Waals surface area contributed by atoms with Gasteiger partial charge < -0.3 is 10.5 Å². The number of para-hydroxylation sites is 1. The van der Waals surface area contributed by atoms with Crippen molar-refractivity contribution in [3.63, 3.8) is 0 Å². The summed E-state index contributed by atoms with van der Waals surface area (Å²) in [5.74, 6) is 1.83. The Balaban J connectivity index is 2.21. The number of nitrogen functional groups attached to an aromatic ring is 1. The molecule has 1 aromatic heterocycles. The van der Waals surface area contributed by atoms with Crippen molar-refractivity contribution in [1.29, 1.82) is 5.26 Å². The molecule has 0 aliphatic heterocycles. The lowest BCUT2D eigenvalue weighted by Gasteiger charge is -2.13. The van der Waals surface area contributed by atoms with E-state index in [0.29, 0.717) is 30.4 Å². The van der Waals surface area contributed by atoms with Gasteiger partial charge in [-0.15, -0.1) is 0 Å². The fraction of sp³-hybridized carbons (Fsp3) is 0.267. The molecule has 0 fully saturated rings. The van der Waals surface area contributed by atoms with Crippen molar-refractivity contribution in [3.05, 3.63) is 36.5 Å². The molecule has 1 atom stereocenters. The van der Waals surface area contributed by atoms with E-state index in [2.05, 4.69) is 16.0 Å². The van der Waals surface area contributed by atoms with Crippen molar-refractivity contribution in [2.75, 3.05) is 12.3 Å². The molecule has 20 heavy (non-hydrogen) atoms. The minimum atomic E-state index is 0.176. The summed E-state index contributed by atoms with van der Waals surface area (Å²) < 4.78 is 5.77. The fourth-order valence-corrected chi connectivity index (χ4v) is 1.73. The Labute approximate surface area is 118 Å². The average molecular weight is 268 g/mol. The van der Waals surface area contributed by atoms with Crippen molar-refractivity contribution >= 4 is 5.82 Å². The average Bonchev–Trinajstić information content (AvgIpc) is 2.46. The van der Waals surface area contributed by atoms with Gasteiger partial charge in [-0.3, -0.25) is 0 Å². The first-order chi connectivity index (χ1) is 9.70. The lowest BCUT2D eigenvalue weighted by Crippen LogP contribution is -2.08. The van der Waals surface area contributed by atoms with Gasteiger partial charge in [0.05, 0.1) is 18.2 Å². The highest BCUT2D eigenvalue weighted by Gasteiger charge is 2.10. The highest BCUT2D eigenvalue weighted by molar-refractivity contribution is 5.64. The monoisotopic (exact) mass is 268 g/mol. The van der Waals surface area contributed by atoms with Crippen LogP contribution in [-0.2, 0) is 0 Å². The third-order valence-corrected chi connectivity index (χ3v) is 2.77. The number of nitrogens with two attached hydrogens (primary N) is 1. The summed E-state index contributed by atoms with van der Waals surface area (Å²) in [7, 11) is 0. The molecular formula is C15H16N4O. The molecule has 0 saturated carbocycles. The molecule has 1 heterocycles. The number of nitriles is 1. The first kappa shape index (κ1) is 13.8. The van der Waals surface area contributed by atoms with E-state index in [-0.39, 0.29) is 5.92 Å². The predicted molar refractivity (Wildman–Crippen MR) is 76.8 cm³/mol. The summed E-state index contributed by atoms with van der Waals surface area (Å²) in [5.41, 5.74) is 6.48. The highest BCUT2D eigenvalue weighted by atomic mass is 16.5. The largest absolute Gasteiger partial charge is 0.493 e. The number of ether oxygens (including phenoxy) is 1. The molecule has 0 saturated heterocycles. The normalized spacial score (nSPS) is 11.6. The summed E-state index contributed by atoms with van der Waals surface area (Å²) in [6.45, 7) is 2.45. The van der Waals surface area contributed by atoms with E-state index in [0.717, 1.165) is 5.56 Å². The molecule has 2 N–H and O–H groups in total. The topological polar surface area (TPSA) is 84.8 Å². The maximum atomic E-state index is 8.66. The van der Waals surface area contributed by atoms with E-state index in [1.807, 2.05) is 31.2 Å². The van der Waals surface area contributed by atoms with Crippen LogP contribution in [0.15, 0.2) is 36.5 Å². The van der Waals surface area contributed by atoms with E-state index >= 15 is 0 Å². The van der Waals surface area contributed by atoms with Gasteiger partial charge in [0.15, 0.2) is 5.82 Å². The molecule has 5 heteroatoms. The Morgan fingerprint density at radius 2 is 2.15 bits per heavy atom. The number of hydrogen-bond donors (Lipinski definition) is 1. The number of nitrogens with zero attached hydrogens (tertiary/aromatic N) is 3. The molecule has 0 amide bonds. The second kappa shape index (κ2) is 6.53. The molecule has 0 aliphatic carbocycles. The maximum Gasteiger partial charge on any atom is 0.165 e. The minimum absolute atomic E-state index is 0.176. The summed E-state index contributed by atoms with van der Waals surface area (Å²) in [6, 6.07) is 11.3. The first-order valence-corrected chi connectivity index (χ1v) is 6.38. The smallest absolute Gasteiger partial charge is 0.165 e. The third kappa shape index (κ3) is 3.45. The number of rotatable bonds is 5. The van der Waals surface area contributed by atoms with E-state index in [1.165, 1.54) is 0 Å². The van der Waals surface area contributed by atoms with Crippen LogP contribution in [-0.4, -0.2) is 16.6 Å². The zero-order valence-corrected chi connectivity index (χ0v) is 11.3. The quantitative estimate of drug-likeness (QED) is 0.901. The summed E-state index contributed by atoms with van der Waals surface area (Å²) in [6.07, 6.45) is 2.09. The van der Waals surface area contributed by atoms with Crippen LogP contribution in [0.5, 0.6) is 5.75 Å². The van der Waals surface area contributed by atoms with E-state index in [4.69, 9.17) is 15.7 Å². The summed E-state index contributed by atoms with van der Waals surface area (Å²) in [4.78, 5) is 8.41. The molecule has 0 spiro atoms. The van der Waals surface area contributed by atoms with Crippen LogP contribution in [0, 0.1) is 17.2 Å². The lowest BCUT2D eigenvalue weighted by molar-refractivity contribution is 0.263. The Morgan fingerprint density at radius 3 is 2.90 bits per heavy atom. The van der Waals surface area contributed by atoms with Crippen molar-refractivity contribution in [2.45, 2.75) is 13.3 Å². The zero-order valence-electron chi connectivity index (χ0n) is 11.3. The number of benzene rings is 1. The molecule has 1 aromatic carbocycles. The molecule has 2 aromatic rings. The molecule has 0 aliphatic rings. The van der Waals surface area contributed by atoms with E-state index in [1.54, 1.807) is 12.3 Å². The number of hydrogen-bond acceptors (Lipinski definition) is 5. The van der Waals surface area contributed by atoms with Crippen LogP contribution in [0.2, 0.25) is 0 Å². The Hall–Kier alpha value is -2.61. The third-order valence-electron chi connectivity index (χ3n) is 2.77. The van der Waals surface area contributed by atoms with Gasteiger partial charge in [-0.05, 0) is 18.2 Å². The number of anilines is 1. The molecule has 2 rings (SSSR count). The van der Waals surface area contributed by atoms with Gasteiger partial charge in [-0.25, -0.2) is 9.97 Å². The maximum absolute atomic E-state index is 8.66. The van der Waals surface area contributed by atoms with Crippen molar-refractivity contribution in [1.82, 2.24) is 9.97 Å². The summed E-state index contributed by atoms with van der Waals surface area (Å²) >= 11 is 0. The van der Waals surface area contributed by atoms with Crippen molar-refractivity contribution in [2.24, 2.45) is 5.92 Å². The van der Waals surface area contributed by atoms with Gasteiger partial charge in [-0.2, -0.15) is 5.26 Å². The Bertz CT molecular complexity index is 621. The Morgan fingerprint density at radius 1 is 1.35 bits per heavy atom. The van der Waals surface area contributed by atoms with Crippen LogP contribution < -0.4 is 10.5 Å². The van der Waals surface area contributed by atoms with Crippen LogP contribution in [0.4, 0.5) is 5.82 Å². The second-order valence-electron chi connectivity index (χ2n) is 4.58. The number of aromatic nitrogens is 2. The zero-order chi connectivity index (χ0) is 14.4. The molecule has 1 unspecified atom stereocenters. The van der Waals surface area contributed by atoms with Gasteiger partial charge in [0.25, 0.3) is 0 Å². The fourth-order valence-electron chi connectivity index (χ4n) is 1.73. The lowest BCUT2D eigenvalue weighted by atomic mass is 10.1. The van der Waals surface area contributed by atoms with Gasteiger partial charge in [0, 0.05) is 18.5 Å². The molecule has 0 radical (unpaired) electrons. The van der Waals surface area contributed by atoms with Gasteiger partial charge in [-0.1, -0.05) is 19.1 Å². The molecule has 102 valence electrons. The van der Waals surface area contributed by atoms with Crippen molar-refractivity contribution < 1.29 is 4.74 Å². The van der Waals surface area contributed by atoms with Gasteiger partial charge in [0.1, 0.15) is 11.6 Å². The van der Waals surface area contributed by atoms with Crippen LogP contribution in [0.1, 0.15) is 13.3 Å². The first-order valence-electron chi connectivity index (χ1n) is 6.38. The van der Waals surface area contributed by atoms with Gasteiger partial charge >= 0.3 is 0 Å². The summed E-state index contributed by atoms with van der Waals surface area (Å²) in [5, 5.41) is 8.66. The Kier molecular flexibility index (Phi) is 4.51. The van der Waals surface area contributed by atoms with Crippen LogP contribution >= 0.6 is 0 Å². The highest BCUT2D eigenvalue weighted by Crippen LogP contribution is 2.27. The van der Waals surface area contributed by atoms with Crippen molar-refractivity contribution in [3.8, 4) is 23.2 Å². The predicted octanol–water partition coefficient (Wildman–Crippen LogP) is 2.65.